The molecule has 1 aromatic rings. The third kappa shape index (κ3) is 2.72. The summed E-state index contributed by atoms with van der Waals surface area (Å²) in [4.78, 5) is 2.30. The third-order valence-electron chi connectivity index (χ3n) is 4.32. The second-order valence-electron chi connectivity index (χ2n) is 5.09. The van der Waals surface area contributed by atoms with E-state index < -0.39 is 0 Å². The predicted octanol–water partition coefficient (Wildman–Crippen LogP) is 2.87. The molecule has 2 rings (SSSR count). The number of rotatable bonds is 1. The van der Waals surface area contributed by atoms with Gasteiger partial charge in [-0.1, -0.05) is 0 Å². The molecule has 0 N–H and O–H groups in total. The normalized spacial score (nSPS) is 14.6. The average molecular weight is 315 g/mol. The fourth-order valence-corrected chi connectivity index (χ4v) is 2.84. The maximum Gasteiger partial charge on any atom is 3.00 e. The molecule has 0 aromatic heterocycles. The zero-order chi connectivity index (χ0) is 12.6. The molecular weight excluding hydrogens is 295 g/mol. The zero-order valence-corrected chi connectivity index (χ0v) is 14.7. The van der Waals surface area contributed by atoms with Gasteiger partial charge in [-0.3, -0.25) is 4.90 Å². The minimum Gasteiger partial charge on any atom is -0.692 e. The van der Waals surface area contributed by atoms with Gasteiger partial charge < -0.3 is 12.3 Å². The molecule has 0 atom stereocenters. The summed E-state index contributed by atoms with van der Waals surface area (Å²) >= 11 is 0. The van der Waals surface area contributed by atoms with Crippen molar-refractivity contribution in [2.24, 2.45) is 0 Å². The van der Waals surface area contributed by atoms with Crippen LogP contribution in [0.2, 0.25) is 0 Å². The Hall–Kier alpha value is -0.156. The monoisotopic (exact) mass is 315 g/mol. The van der Waals surface area contributed by atoms with Crippen molar-refractivity contribution >= 4 is 0 Å². The van der Waals surface area contributed by atoms with E-state index >= 15 is 0 Å². The minimum absolute atomic E-state index is 0. The fraction of sp³-hybridized carbons (Fsp3) is 0.500. The summed E-state index contributed by atoms with van der Waals surface area (Å²) in [6, 6.07) is 0. The molecule has 0 spiro atoms. The van der Waals surface area contributed by atoms with Crippen molar-refractivity contribution in [1.29, 1.82) is 0 Å². The number of nitrogens with zero attached hydrogens (tertiary/aromatic N) is 1. The van der Waals surface area contributed by atoms with Gasteiger partial charge in [0, 0.05) is 19.6 Å². The van der Waals surface area contributed by atoms with Gasteiger partial charge in [0.25, 0.3) is 0 Å². The van der Waals surface area contributed by atoms with E-state index in [0.717, 1.165) is 19.5 Å². The Balaban J connectivity index is 0.00000162. The van der Waals surface area contributed by atoms with E-state index in [4.69, 9.17) is 6.42 Å². The minimum atomic E-state index is 0. The van der Waals surface area contributed by atoms with Crippen LogP contribution in [0.4, 0.5) is 0 Å². The Morgan fingerprint density at radius 1 is 1.00 bits per heavy atom. The topological polar surface area (TPSA) is 3.24 Å². The third-order valence-corrected chi connectivity index (χ3v) is 4.32. The van der Waals surface area contributed by atoms with Gasteiger partial charge in [-0.2, -0.15) is 0 Å². The van der Waals surface area contributed by atoms with Gasteiger partial charge in [0.2, 0.25) is 0 Å². The van der Waals surface area contributed by atoms with Gasteiger partial charge in [0.15, 0.2) is 0 Å². The first-order valence-electron chi connectivity index (χ1n) is 6.26. The molecule has 1 heterocycles. The second-order valence-corrected chi connectivity index (χ2v) is 5.09. The van der Waals surface area contributed by atoms with E-state index in [1.807, 2.05) is 0 Å². The molecule has 0 saturated heterocycles. The molecule has 1 aromatic carbocycles. The summed E-state index contributed by atoms with van der Waals surface area (Å²) in [5.41, 5.74) is 8.84. The molecule has 90 valence electrons. The molecule has 2 heteroatoms. The van der Waals surface area contributed by atoms with Crippen molar-refractivity contribution in [1.82, 2.24) is 4.90 Å². The van der Waals surface area contributed by atoms with Crippen LogP contribution in [0.15, 0.2) is 0 Å². The van der Waals surface area contributed by atoms with E-state index in [0.29, 0.717) is 6.54 Å². The summed E-state index contributed by atoms with van der Waals surface area (Å²) in [6.45, 7) is 11.6. The van der Waals surface area contributed by atoms with Gasteiger partial charge in [-0.05, 0) is 67.5 Å². The van der Waals surface area contributed by atoms with Gasteiger partial charge >= 0.3 is 32.7 Å². The van der Waals surface area contributed by atoms with Crippen LogP contribution < -0.4 is 0 Å². The van der Waals surface area contributed by atoms with Crippen LogP contribution in [-0.4, -0.2) is 18.0 Å². The van der Waals surface area contributed by atoms with Gasteiger partial charge in [-0.25, -0.2) is 0 Å². The Kier molecular flexibility index (Phi) is 5.59. The Morgan fingerprint density at radius 3 is 2.11 bits per heavy atom. The van der Waals surface area contributed by atoms with Gasteiger partial charge in [0.05, 0.1) is 0 Å². The number of benzene rings is 1. The van der Waals surface area contributed by atoms with Crippen LogP contribution in [0.3, 0.4) is 0 Å². The number of hydrogen-bond acceptors (Lipinski definition) is 1. The van der Waals surface area contributed by atoms with E-state index in [-0.39, 0.29) is 32.7 Å². The standard InChI is InChI=1S/C16H20N.Y/c1-6-8-17-9-7-15-13(4)11(2)12(3)14(5)16(15)10-17;/h7-10H2,2-5H3;/q-1;+3. The number of fused-ring (bicyclic) bond motifs is 1. The summed E-state index contributed by atoms with van der Waals surface area (Å²) in [5, 5.41) is 0. The van der Waals surface area contributed by atoms with Crippen LogP contribution in [0.25, 0.3) is 0 Å². The first-order chi connectivity index (χ1) is 8.06. The summed E-state index contributed by atoms with van der Waals surface area (Å²) in [6.07, 6.45) is 8.22. The second kappa shape index (κ2) is 6.33. The van der Waals surface area contributed by atoms with E-state index in [9.17, 15) is 0 Å². The predicted molar refractivity (Wildman–Crippen MR) is 71.5 cm³/mol. The molecular formula is C16H20NY+2. The average Bonchev–Trinajstić information content (AvgIpc) is 2.34. The summed E-state index contributed by atoms with van der Waals surface area (Å²) < 4.78 is 0. The molecule has 1 aliphatic rings. The SMILES string of the molecule is [C-]#CCN1CCc2c(C)c(C)c(C)c(C)c2C1.[Y+3]. The van der Waals surface area contributed by atoms with E-state index in [1.54, 1.807) is 5.56 Å². The Bertz CT molecular complexity index is 497. The summed E-state index contributed by atoms with van der Waals surface area (Å²) in [7, 11) is 0. The largest absolute Gasteiger partial charge is 3.00 e. The Morgan fingerprint density at radius 2 is 1.56 bits per heavy atom. The molecule has 18 heavy (non-hydrogen) atoms. The van der Waals surface area contributed by atoms with Crippen molar-refractivity contribution in [2.45, 2.75) is 40.7 Å². The number of hydrogen-bond donors (Lipinski definition) is 0. The van der Waals surface area contributed by atoms with Crippen molar-refractivity contribution in [2.75, 3.05) is 13.1 Å². The van der Waals surface area contributed by atoms with Crippen molar-refractivity contribution in [3.8, 4) is 5.92 Å². The fourth-order valence-electron chi connectivity index (χ4n) is 2.84. The van der Waals surface area contributed by atoms with Crippen LogP contribution >= 0.6 is 0 Å². The first-order valence-corrected chi connectivity index (χ1v) is 6.26. The quantitative estimate of drug-likeness (QED) is 0.569. The maximum atomic E-state index is 7.10. The smallest absolute Gasteiger partial charge is 0.692 e. The molecule has 0 fully saturated rings. The molecule has 0 saturated carbocycles. The molecule has 0 amide bonds. The van der Waals surface area contributed by atoms with E-state index in [2.05, 4.69) is 38.5 Å². The van der Waals surface area contributed by atoms with Crippen molar-refractivity contribution in [3.63, 3.8) is 0 Å². The van der Waals surface area contributed by atoms with Crippen molar-refractivity contribution < 1.29 is 32.7 Å². The first kappa shape index (κ1) is 15.9. The van der Waals surface area contributed by atoms with Crippen LogP contribution in [0.1, 0.15) is 33.4 Å². The molecule has 1 nitrogen and oxygen atoms in total. The summed E-state index contributed by atoms with van der Waals surface area (Å²) in [5.74, 6) is 2.50. The van der Waals surface area contributed by atoms with Gasteiger partial charge in [0.1, 0.15) is 0 Å². The van der Waals surface area contributed by atoms with Crippen LogP contribution in [-0.2, 0) is 45.7 Å². The van der Waals surface area contributed by atoms with Crippen molar-refractivity contribution in [3.05, 3.63) is 39.8 Å². The Labute approximate surface area is 136 Å². The molecule has 0 bridgehead atoms. The molecule has 0 unspecified atom stereocenters. The molecule has 1 aliphatic heterocycles. The zero-order valence-electron chi connectivity index (χ0n) is 11.9. The molecule has 0 radical (unpaired) electrons. The van der Waals surface area contributed by atoms with Gasteiger partial charge in [-0.15, -0.1) is 0 Å². The van der Waals surface area contributed by atoms with E-state index in [1.165, 1.54) is 27.8 Å². The molecule has 0 aliphatic carbocycles. The van der Waals surface area contributed by atoms with Crippen LogP contribution in [0, 0.1) is 40.0 Å². The van der Waals surface area contributed by atoms with Crippen LogP contribution in [0.5, 0.6) is 0 Å². The maximum absolute atomic E-state index is 7.10.